The molecule has 0 bridgehead atoms. The lowest BCUT2D eigenvalue weighted by molar-refractivity contribution is -0.121. The predicted octanol–water partition coefficient (Wildman–Crippen LogP) is 3.84. The number of amidine groups is 1. The number of benzene rings is 1. The number of nitrogens with two attached hydrogens (primary N) is 1. The van der Waals surface area contributed by atoms with Gasteiger partial charge in [0.1, 0.15) is 0 Å². The molecule has 0 radical (unpaired) electrons. The standard InChI is InChI=1S/C19H18N4OS/c1-3-10-23-18(24)17(13(2)14-6-4-7-15(20)11-14)25-19(23)22-16-8-5-9-21-12-16/h3-9,11-12H,1,10,20H2,2H3/b17-13-,22-19?. The molecule has 0 saturated carbocycles. The summed E-state index contributed by atoms with van der Waals surface area (Å²) in [6, 6.07) is 11.2. The minimum Gasteiger partial charge on any atom is -0.399 e. The zero-order valence-corrected chi connectivity index (χ0v) is 14.7. The number of rotatable bonds is 4. The number of hydrogen-bond donors (Lipinski definition) is 1. The average molecular weight is 350 g/mol. The van der Waals surface area contributed by atoms with E-state index < -0.39 is 0 Å². The van der Waals surface area contributed by atoms with Gasteiger partial charge in [-0.2, -0.15) is 0 Å². The normalized spacial score (nSPS) is 17.9. The highest BCUT2D eigenvalue weighted by atomic mass is 32.2. The molecular weight excluding hydrogens is 332 g/mol. The van der Waals surface area contributed by atoms with Crippen LogP contribution in [0, 0.1) is 0 Å². The Morgan fingerprint density at radius 1 is 1.40 bits per heavy atom. The van der Waals surface area contributed by atoms with Crippen LogP contribution in [0.1, 0.15) is 12.5 Å². The van der Waals surface area contributed by atoms with Crippen LogP contribution in [0.25, 0.3) is 5.57 Å². The molecule has 1 aliphatic heterocycles. The minimum absolute atomic E-state index is 0.0764. The van der Waals surface area contributed by atoms with Crippen molar-refractivity contribution in [3.05, 3.63) is 71.9 Å². The summed E-state index contributed by atoms with van der Waals surface area (Å²) in [6.45, 7) is 6.06. The van der Waals surface area contributed by atoms with Crippen molar-refractivity contribution in [2.75, 3.05) is 12.3 Å². The molecule has 25 heavy (non-hydrogen) atoms. The zero-order valence-electron chi connectivity index (χ0n) is 13.8. The van der Waals surface area contributed by atoms with Gasteiger partial charge in [-0.25, -0.2) is 4.99 Å². The number of anilines is 1. The van der Waals surface area contributed by atoms with Gasteiger partial charge in [0.2, 0.25) is 0 Å². The Bertz CT molecular complexity index is 874. The van der Waals surface area contributed by atoms with Crippen molar-refractivity contribution in [1.29, 1.82) is 0 Å². The summed E-state index contributed by atoms with van der Waals surface area (Å²) in [5, 5.41) is 0.621. The van der Waals surface area contributed by atoms with Crippen LogP contribution in [-0.4, -0.2) is 27.5 Å². The van der Waals surface area contributed by atoms with E-state index in [2.05, 4.69) is 16.6 Å². The molecule has 0 unspecified atom stereocenters. The first-order chi connectivity index (χ1) is 12.1. The van der Waals surface area contributed by atoms with Gasteiger partial charge in [-0.05, 0) is 54.1 Å². The summed E-state index contributed by atoms with van der Waals surface area (Å²) in [5.41, 5.74) is 9.05. The molecule has 1 aromatic carbocycles. The summed E-state index contributed by atoms with van der Waals surface area (Å²) < 4.78 is 0. The summed E-state index contributed by atoms with van der Waals surface area (Å²) in [7, 11) is 0. The molecule has 0 atom stereocenters. The Kier molecular flexibility index (Phi) is 5.00. The summed E-state index contributed by atoms with van der Waals surface area (Å²) in [4.78, 5) is 23.8. The van der Waals surface area contributed by atoms with Gasteiger partial charge >= 0.3 is 0 Å². The first-order valence-electron chi connectivity index (χ1n) is 7.76. The van der Waals surface area contributed by atoms with E-state index in [1.54, 1.807) is 23.4 Å². The lowest BCUT2D eigenvalue weighted by atomic mass is 10.1. The van der Waals surface area contributed by atoms with Gasteiger partial charge in [0.25, 0.3) is 5.91 Å². The van der Waals surface area contributed by atoms with Crippen LogP contribution >= 0.6 is 11.8 Å². The zero-order chi connectivity index (χ0) is 17.8. The highest BCUT2D eigenvalue weighted by molar-refractivity contribution is 8.18. The van der Waals surface area contributed by atoms with Crippen molar-refractivity contribution < 1.29 is 4.79 Å². The van der Waals surface area contributed by atoms with Crippen molar-refractivity contribution >= 4 is 39.8 Å². The average Bonchev–Trinajstić information content (AvgIpc) is 2.92. The number of nitrogen functional groups attached to an aromatic ring is 1. The smallest absolute Gasteiger partial charge is 0.267 e. The Labute approximate surface area is 151 Å². The van der Waals surface area contributed by atoms with Gasteiger partial charge in [-0.15, -0.1) is 6.58 Å². The first kappa shape index (κ1) is 17.0. The predicted molar refractivity (Wildman–Crippen MR) is 104 cm³/mol. The second-order valence-electron chi connectivity index (χ2n) is 5.49. The second-order valence-corrected chi connectivity index (χ2v) is 6.47. The molecular formula is C19H18N4OS. The van der Waals surface area contributed by atoms with Crippen molar-refractivity contribution in [3.63, 3.8) is 0 Å². The summed E-state index contributed by atoms with van der Waals surface area (Å²) in [6.07, 6.45) is 5.04. The highest BCUT2D eigenvalue weighted by Crippen LogP contribution is 2.37. The van der Waals surface area contributed by atoms with E-state index in [4.69, 9.17) is 5.73 Å². The Morgan fingerprint density at radius 3 is 2.92 bits per heavy atom. The fourth-order valence-electron chi connectivity index (χ4n) is 2.44. The first-order valence-corrected chi connectivity index (χ1v) is 8.58. The van der Waals surface area contributed by atoms with E-state index in [1.165, 1.54) is 11.8 Å². The molecule has 0 aliphatic carbocycles. The molecule has 1 aliphatic rings. The molecule has 2 N–H and O–H groups in total. The molecule has 1 amide bonds. The quantitative estimate of drug-likeness (QED) is 0.516. The van der Waals surface area contributed by atoms with E-state index in [9.17, 15) is 4.79 Å². The molecule has 3 rings (SSSR count). The van der Waals surface area contributed by atoms with E-state index in [0.29, 0.717) is 28.0 Å². The Balaban J connectivity index is 2.03. The maximum atomic E-state index is 12.9. The van der Waals surface area contributed by atoms with Crippen LogP contribution in [0.2, 0.25) is 0 Å². The molecule has 2 heterocycles. The van der Waals surface area contributed by atoms with Gasteiger partial charge < -0.3 is 5.73 Å². The number of hydrogen-bond acceptors (Lipinski definition) is 5. The van der Waals surface area contributed by atoms with Crippen LogP contribution in [0.5, 0.6) is 0 Å². The molecule has 1 fully saturated rings. The maximum Gasteiger partial charge on any atom is 0.267 e. The maximum absolute atomic E-state index is 12.9. The molecule has 2 aromatic rings. The number of aliphatic imine (C=N–C) groups is 1. The molecule has 1 saturated heterocycles. The minimum atomic E-state index is -0.0764. The number of amides is 1. The fraction of sp³-hybridized carbons (Fsp3) is 0.105. The van der Waals surface area contributed by atoms with Crippen LogP contribution in [0.3, 0.4) is 0 Å². The van der Waals surface area contributed by atoms with Crippen molar-refractivity contribution in [2.45, 2.75) is 6.92 Å². The molecule has 6 heteroatoms. The van der Waals surface area contributed by atoms with Crippen molar-refractivity contribution in [2.24, 2.45) is 4.99 Å². The molecule has 1 aromatic heterocycles. The second kappa shape index (κ2) is 7.36. The topological polar surface area (TPSA) is 71.6 Å². The monoisotopic (exact) mass is 350 g/mol. The number of thioether (sulfide) groups is 1. The number of allylic oxidation sites excluding steroid dienone is 1. The number of aromatic nitrogens is 1. The Morgan fingerprint density at radius 2 is 2.24 bits per heavy atom. The number of carbonyl (C=O) groups is 1. The third kappa shape index (κ3) is 3.64. The number of carbonyl (C=O) groups excluding carboxylic acids is 1. The highest BCUT2D eigenvalue weighted by Gasteiger charge is 2.34. The van der Waals surface area contributed by atoms with Gasteiger partial charge in [-0.3, -0.25) is 14.7 Å². The third-order valence-electron chi connectivity index (χ3n) is 3.71. The molecule has 5 nitrogen and oxygen atoms in total. The van der Waals surface area contributed by atoms with E-state index >= 15 is 0 Å². The van der Waals surface area contributed by atoms with Gasteiger partial charge in [0.05, 0.1) is 16.8 Å². The fourth-order valence-corrected chi connectivity index (χ4v) is 3.51. The van der Waals surface area contributed by atoms with E-state index in [0.717, 1.165) is 11.1 Å². The largest absolute Gasteiger partial charge is 0.399 e. The molecule has 0 spiro atoms. The van der Waals surface area contributed by atoms with Crippen LogP contribution in [0.15, 0.2) is 71.3 Å². The van der Waals surface area contributed by atoms with Crippen molar-refractivity contribution in [3.8, 4) is 0 Å². The Hall–Kier alpha value is -2.86. The van der Waals surface area contributed by atoms with Gasteiger partial charge in [0.15, 0.2) is 5.17 Å². The third-order valence-corrected chi connectivity index (χ3v) is 4.89. The SMILES string of the molecule is C=CCN1C(=O)/C(=C(\C)c2cccc(N)c2)SC1=Nc1cccnc1. The van der Waals surface area contributed by atoms with Crippen LogP contribution in [-0.2, 0) is 4.79 Å². The summed E-state index contributed by atoms with van der Waals surface area (Å²) in [5.74, 6) is -0.0764. The van der Waals surface area contributed by atoms with E-state index in [1.807, 2.05) is 43.3 Å². The molecule has 126 valence electrons. The van der Waals surface area contributed by atoms with Gasteiger partial charge in [-0.1, -0.05) is 18.2 Å². The van der Waals surface area contributed by atoms with Crippen LogP contribution in [0.4, 0.5) is 11.4 Å². The van der Waals surface area contributed by atoms with Crippen molar-refractivity contribution in [1.82, 2.24) is 9.88 Å². The van der Waals surface area contributed by atoms with Gasteiger partial charge in [0, 0.05) is 18.4 Å². The number of pyridine rings is 1. The lowest BCUT2D eigenvalue weighted by Crippen LogP contribution is -2.29. The van der Waals surface area contributed by atoms with Crippen LogP contribution < -0.4 is 5.73 Å². The van der Waals surface area contributed by atoms with E-state index in [-0.39, 0.29) is 5.91 Å². The summed E-state index contributed by atoms with van der Waals surface area (Å²) >= 11 is 1.36. The number of nitrogens with zero attached hydrogens (tertiary/aromatic N) is 3. The lowest BCUT2D eigenvalue weighted by Gasteiger charge is -2.12.